The van der Waals surface area contributed by atoms with Crippen LogP contribution in [0, 0.1) is 3.57 Å². The van der Waals surface area contributed by atoms with E-state index < -0.39 is 11.2 Å². The number of nitrogens with one attached hydrogen (secondary N) is 1. The van der Waals surface area contributed by atoms with Crippen molar-refractivity contribution in [2.24, 2.45) is 0 Å². The number of H-pyrrole nitrogens is 1. The Bertz CT molecular complexity index is 645. The van der Waals surface area contributed by atoms with Gasteiger partial charge in [-0.3, -0.25) is 9.78 Å². The fraction of sp³-hybridized carbons (Fsp3) is 0. The van der Waals surface area contributed by atoms with Crippen molar-refractivity contribution in [3.8, 4) is 11.6 Å². The molecule has 0 spiro atoms. The van der Waals surface area contributed by atoms with E-state index in [1.807, 2.05) is 6.07 Å². The lowest BCUT2D eigenvalue weighted by atomic mass is 10.3. The van der Waals surface area contributed by atoms with Gasteiger partial charge >= 0.3 is 5.69 Å². The molecule has 0 unspecified atom stereocenters. The van der Waals surface area contributed by atoms with E-state index in [-0.39, 0.29) is 5.88 Å². The first-order valence-corrected chi connectivity index (χ1v) is 5.47. The Morgan fingerprint density at radius 2 is 2.00 bits per heavy atom. The van der Waals surface area contributed by atoms with Crippen molar-refractivity contribution in [1.82, 2.24) is 9.55 Å². The van der Waals surface area contributed by atoms with Crippen LogP contribution in [0.1, 0.15) is 0 Å². The van der Waals surface area contributed by atoms with Crippen LogP contribution in [0.2, 0.25) is 0 Å². The Labute approximate surface area is 104 Å². The smallest absolute Gasteiger partial charge is 0.335 e. The molecule has 2 N–H and O–H groups in total. The highest BCUT2D eigenvalue weighted by Gasteiger charge is 2.06. The quantitative estimate of drug-likeness (QED) is 0.761. The number of benzene rings is 1. The number of aromatic hydroxyl groups is 1. The number of hydrogen-bond acceptors (Lipinski definition) is 3. The summed E-state index contributed by atoms with van der Waals surface area (Å²) in [6.45, 7) is 0. The molecule has 2 rings (SSSR count). The molecule has 0 saturated carbocycles. The molecule has 82 valence electrons. The molecule has 0 aliphatic carbocycles. The molecule has 0 aliphatic rings. The lowest BCUT2D eigenvalue weighted by Crippen LogP contribution is -2.27. The average molecular weight is 330 g/mol. The Kier molecular flexibility index (Phi) is 2.82. The van der Waals surface area contributed by atoms with Crippen LogP contribution in [0.4, 0.5) is 0 Å². The zero-order valence-electron chi connectivity index (χ0n) is 7.98. The van der Waals surface area contributed by atoms with Crippen LogP contribution in [0.25, 0.3) is 5.69 Å². The van der Waals surface area contributed by atoms with Crippen molar-refractivity contribution >= 4 is 22.6 Å². The minimum absolute atomic E-state index is 0.379. The van der Waals surface area contributed by atoms with Gasteiger partial charge in [0.25, 0.3) is 5.56 Å². The van der Waals surface area contributed by atoms with Gasteiger partial charge in [0, 0.05) is 3.57 Å². The van der Waals surface area contributed by atoms with E-state index in [0.29, 0.717) is 5.69 Å². The highest BCUT2D eigenvalue weighted by molar-refractivity contribution is 14.1. The van der Waals surface area contributed by atoms with Gasteiger partial charge in [0.15, 0.2) is 0 Å². The predicted octanol–water partition coefficient (Wildman–Crippen LogP) is 0.836. The van der Waals surface area contributed by atoms with Crippen molar-refractivity contribution < 1.29 is 5.11 Å². The van der Waals surface area contributed by atoms with Gasteiger partial charge < -0.3 is 5.11 Å². The van der Waals surface area contributed by atoms with E-state index in [1.54, 1.807) is 18.2 Å². The maximum atomic E-state index is 11.5. The highest BCUT2D eigenvalue weighted by Crippen LogP contribution is 2.14. The van der Waals surface area contributed by atoms with Crippen molar-refractivity contribution in [1.29, 1.82) is 0 Å². The lowest BCUT2D eigenvalue weighted by molar-refractivity contribution is 0.431. The SMILES string of the molecule is O=c1cc(O)n(-c2cccc(I)c2)c(=O)[nH]1. The van der Waals surface area contributed by atoms with Gasteiger partial charge in [-0.25, -0.2) is 9.36 Å². The van der Waals surface area contributed by atoms with Gasteiger partial charge in [-0.05, 0) is 40.8 Å². The summed E-state index contributed by atoms with van der Waals surface area (Å²) in [4.78, 5) is 24.5. The molecule has 0 aliphatic heterocycles. The number of nitrogens with zero attached hydrogens (tertiary/aromatic N) is 1. The highest BCUT2D eigenvalue weighted by atomic mass is 127. The summed E-state index contributed by atoms with van der Waals surface area (Å²) in [5.41, 5.74) is -0.776. The number of rotatable bonds is 1. The van der Waals surface area contributed by atoms with Crippen LogP contribution in [0.3, 0.4) is 0 Å². The first-order chi connectivity index (χ1) is 7.58. The fourth-order valence-electron chi connectivity index (χ4n) is 1.35. The van der Waals surface area contributed by atoms with Gasteiger partial charge in [-0.1, -0.05) is 6.07 Å². The third-order valence-corrected chi connectivity index (χ3v) is 2.66. The molecule has 1 aromatic heterocycles. The second kappa shape index (κ2) is 4.12. The predicted molar refractivity (Wildman–Crippen MR) is 67.0 cm³/mol. The van der Waals surface area contributed by atoms with E-state index in [4.69, 9.17) is 0 Å². The van der Waals surface area contributed by atoms with Crippen molar-refractivity contribution in [2.75, 3.05) is 0 Å². The summed E-state index contributed by atoms with van der Waals surface area (Å²) in [6.07, 6.45) is 0. The lowest BCUT2D eigenvalue weighted by Gasteiger charge is -2.06. The molecule has 1 heterocycles. The van der Waals surface area contributed by atoms with Gasteiger partial charge in [-0.2, -0.15) is 0 Å². The Morgan fingerprint density at radius 3 is 2.62 bits per heavy atom. The van der Waals surface area contributed by atoms with E-state index in [1.165, 1.54) is 0 Å². The summed E-state index contributed by atoms with van der Waals surface area (Å²) in [6, 6.07) is 7.97. The van der Waals surface area contributed by atoms with Crippen LogP contribution >= 0.6 is 22.6 Å². The van der Waals surface area contributed by atoms with Gasteiger partial charge in [0.05, 0.1) is 11.8 Å². The minimum atomic E-state index is -0.660. The monoisotopic (exact) mass is 330 g/mol. The summed E-state index contributed by atoms with van der Waals surface area (Å²) in [5.74, 6) is -0.379. The molecule has 2 aromatic rings. The van der Waals surface area contributed by atoms with E-state index in [2.05, 4.69) is 27.6 Å². The molecular weight excluding hydrogens is 323 g/mol. The number of halogens is 1. The Hall–Kier alpha value is -1.57. The largest absolute Gasteiger partial charge is 0.494 e. The molecule has 5 nitrogen and oxygen atoms in total. The Balaban J connectivity index is 2.74. The summed E-state index contributed by atoms with van der Waals surface area (Å²) in [7, 11) is 0. The second-order valence-corrected chi connectivity index (χ2v) is 4.36. The van der Waals surface area contributed by atoms with Crippen LogP contribution in [0.5, 0.6) is 5.88 Å². The first kappa shape index (κ1) is 10.9. The third-order valence-electron chi connectivity index (χ3n) is 1.99. The number of aromatic nitrogens is 2. The van der Waals surface area contributed by atoms with E-state index in [9.17, 15) is 14.7 Å². The zero-order valence-corrected chi connectivity index (χ0v) is 10.1. The first-order valence-electron chi connectivity index (χ1n) is 4.39. The van der Waals surface area contributed by atoms with Gasteiger partial charge in [0.1, 0.15) is 0 Å². The van der Waals surface area contributed by atoms with Crippen molar-refractivity contribution in [3.63, 3.8) is 0 Å². The van der Waals surface area contributed by atoms with Crippen molar-refractivity contribution in [3.05, 3.63) is 54.7 Å². The molecule has 0 radical (unpaired) electrons. The van der Waals surface area contributed by atoms with Crippen molar-refractivity contribution in [2.45, 2.75) is 0 Å². The zero-order chi connectivity index (χ0) is 11.7. The minimum Gasteiger partial charge on any atom is -0.494 e. The van der Waals surface area contributed by atoms with E-state index >= 15 is 0 Å². The third kappa shape index (κ3) is 2.01. The second-order valence-electron chi connectivity index (χ2n) is 3.11. The topological polar surface area (TPSA) is 75.1 Å². The maximum Gasteiger partial charge on any atom is 0.335 e. The molecule has 0 amide bonds. The normalized spacial score (nSPS) is 10.3. The standard InChI is InChI=1S/C10H7IN2O3/c11-6-2-1-3-7(4-6)13-9(15)5-8(14)12-10(13)16/h1-5,15H,(H,12,14,16). The van der Waals surface area contributed by atoms with E-state index in [0.717, 1.165) is 14.2 Å². The van der Waals surface area contributed by atoms with Crippen LogP contribution < -0.4 is 11.2 Å². The molecule has 0 saturated heterocycles. The molecule has 1 aromatic carbocycles. The fourth-order valence-corrected chi connectivity index (χ4v) is 1.87. The number of hydrogen-bond donors (Lipinski definition) is 2. The maximum absolute atomic E-state index is 11.5. The summed E-state index contributed by atoms with van der Waals surface area (Å²) >= 11 is 2.09. The average Bonchev–Trinajstić information content (AvgIpc) is 2.15. The van der Waals surface area contributed by atoms with Gasteiger partial charge in [0.2, 0.25) is 5.88 Å². The Morgan fingerprint density at radius 1 is 1.25 bits per heavy atom. The molecule has 16 heavy (non-hydrogen) atoms. The van der Waals surface area contributed by atoms with Gasteiger partial charge in [-0.15, -0.1) is 0 Å². The van der Waals surface area contributed by atoms with Crippen LogP contribution in [0.15, 0.2) is 39.9 Å². The summed E-state index contributed by atoms with van der Waals surface area (Å²) < 4.78 is 1.96. The molecule has 6 heteroatoms. The van der Waals surface area contributed by atoms with Crippen LogP contribution in [-0.2, 0) is 0 Å². The molecular formula is C10H7IN2O3. The summed E-state index contributed by atoms with van der Waals surface area (Å²) in [5, 5.41) is 9.56. The molecule has 0 bridgehead atoms. The van der Waals surface area contributed by atoms with Crippen LogP contribution in [-0.4, -0.2) is 14.7 Å². The number of aromatic amines is 1. The molecule has 0 fully saturated rings. The molecule has 0 atom stereocenters.